The van der Waals surface area contributed by atoms with Gasteiger partial charge in [0.25, 0.3) is 0 Å². The summed E-state index contributed by atoms with van der Waals surface area (Å²) in [6.07, 6.45) is 0. The van der Waals surface area contributed by atoms with E-state index in [0.29, 0.717) is 6.54 Å². The van der Waals surface area contributed by atoms with E-state index in [4.69, 9.17) is 0 Å². The minimum absolute atomic E-state index is 0.0509. The molecule has 120 valence electrons. The molecule has 0 aromatic heterocycles. The highest BCUT2D eigenvalue weighted by molar-refractivity contribution is 5.91. The van der Waals surface area contributed by atoms with E-state index >= 15 is 0 Å². The first-order chi connectivity index (χ1) is 11.1. The quantitative estimate of drug-likeness (QED) is 0.798. The number of carbonyl (C=O) groups is 1. The Morgan fingerprint density at radius 3 is 2.22 bits per heavy atom. The van der Waals surface area contributed by atoms with E-state index in [1.54, 1.807) is 11.8 Å². The fraction of sp³-hybridized carbons (Fsp3) is 0.263. The molecular weight excluding hydrogens is 286 g/mol. The van der Waals surface area contributed by atoms with Gasteiger partial charge in [-0.25, -0.2) is 0 Å². The second-order valence-corrected chi connectivity index (χ2v) is 5.64. The largest absolute Gasteiger partial charge is 0.371 e. The van der Waals surface area contributed by atoms with E-state index in [2.05, 4.69) is 16.8 Å². The fourth-order valence-corrected chi connectivity index (χ4v) is 2.16. The molecule has 1 N–H and O–H groups in total. The topological polar surface area (TPSA) is 35.6 Å². The Bertz CT molecular complexity index is 608. The molecule has 0 aliphatic rings. The normalized spacial score (nSPS) is 10.6. The monoisotopic (exact) mass is 309 g/mol. The minimum Gasteiger partial charge on any atom is -0.371 e. The minimum atomic E-state index is 0.0509. The fourth-order valence-electron chi connectivity index (χ4n) is 2.16. The number of hydrogen-bond acceptors (Lipinski definition) is 3. The SMILES string of the molecule is CC(=O)N(CCN(C)C)c1ccc(N[C]c2ccccc2)cc1. The molecule has 0 unspecified atom stereocenters. The summed E-state index contributed by atoms with van der Waals surface area (Å²) in [7, 11) is 4.00. The zero-order chi connectivity index (χ0) is 16.7. The van der Waals surface area contributed by atoms with E-state index in [0.717, 1.165) is 23.5 Å². The lowest BCUT2D eigenvalue weighted by Gasteiger charge is -2.23. The number of anilines is 2. The van der Waals surface area contributed by atoms with E-state index in [1.165, 1.54) is 0 Å². The summed E-state index contributed by atoms with van der Waals surface area (Å²) in [5.74, 6) is 0.0509. The van der Waals surface area contributed by atoms with Crippen LogP contribution in [0.3, 0.4) is 0 Å². The maximum absolute atomic E-state index is 11.8. The Morgan fingerprint density at radius 2 is 1.65 bits per heavy atom. The van der Waals surface area contributed by atoms with E-state index in [1.807, 2.05) is 68.7 Å². The molecule has 0 saturated carbocycles. The number of nitrogens with one attached hydrogen (secondary N) is 1. The maximum atomic E-state index is 11.8. The van der Waals surface area contributed by atoms with E-state index in [9.17, 15) is 4.79 Å². The molecule has 0 heterocycles. The highest BCUT2D eigenvalue weighted by Crippen LogP contribution is 2.19. The molecule has 2 radical (unpaired) electrons. The average molecular weight is 309 g/mol. The molecule has 0 atom stereocenters. The van der Waals surface area contributed by atoms with Gasteiger partial charge in [0.1, 0.15) is 6.54 Å². The van der Waals surface area contributed by atoms with Crippen molar-refractivity contribution in [3.05, 3.63) is 66.7 Å². The van der Waals surface area contributed by atoms with E-state index < -0.39 is 0 Å². The summed E-state index contributed by atoms with van der Waals surface area (Å²) in [4.78, 5) is 15.7. The van der Waals surface area contributed by atoms with Crippen molar-refractivity contribution in [1.29, 1.82) is 0 Å². The van der Waals surface area contributed by atoms with Crippen molar-refractivity contribution in [2.75, 3.05) is 37.4 Å². The number of nitrogens with zero attached hydrogens (tertiary/aromatic N) is 2. The van der Waals surface area contributed by atoms with Gasteiger partial charge in [0.2, 0.25) is 5.91 Å². The van der Waals surface area contributed by atoms with Crippen LogP contribution in [0, 0.1) is 6.54 Å². The van der Waals surface area contributed by atoms with Gasteiger partial charge in [0, 0.05) is 31.4 Å². The van der Waals surface area contributed by atoms with Crippen LogP contribution in [-0.2, 0) is 4.79 Å². The highest BCUT2D eigenvalue weighted by atomic mass is 16.2. The number of hydrogen-bond donors (Lipinski definition) is 1. The third kappa shape index (κ3) is 5.42. The average Bonchev–Trinajstić information content (AvgIpc) is 2.54. The lowest BCUT2D eigenvalue weighted by molar-refractivity contribution is -0.116. The lowest BCUT2D eigenvalue weighted by Crippen LogP contribution is -2.35. The summed E-state index contributed by atoms with van der Waals surface area (Å²) in [5.41, 5.74) is 2.84. The second-order valence-electron chi connectivity index (χ2n) is 5.64. The predicted molar refractivity (Wildman–Crippen MR) is 95.4 cm³/mol. The molecule has 2 rings (SSSR count). The van der Waals surface area contributed by atoms with Crippen LogP contribution in [0.15, 0.2) is 54.6 Å². The van der Waals surface area contributed by atoms with Gasteiger partial charge in [0.15, 0.2) is 0 Å². The third-order valence-corrected chi connectivity index (χ3v) is 3.45. The maximum Gasteiger partial charge on any atom is 0.223 e. The third-order valence-electron chi connectivity index (χ3n) is 3.45. The first kappa shape index (κ1) is 17.0. The van der Waals surface area contributed by atoms with Crippen LogP contribution in [0.2, 0.25) is 0 Å². The molecule has 0 aliphatic heterocycles. The summed E-state index contributed by atoms with van der Waals surface area (Å²) in [5, 5.41) is 3.14. The number of benzene rings is 2. The van der Waals surface area contributed by atoms with Crippen molar-refractivity contribution >= 4 is 17.3 Å². The molecule has 4 nitrogen and oxygen atoms in total. The van der Waals surface area contributed by atoms with Crippen molar-refractivity contribution in [2.24, 2.45) is 0 Å². The van der Waals surface area contributed by atoms with Gasteiger partial charge in [-0.05, 0) is 43.9 Å². The van der Waals surface area contributed by atoms with Gasteiger partial charge < -0.3 is 15.1 Å². The van der Waals surface area contributed by atoms with Gasteiger partial charge in [-0.15, -0.1) is 0 Å². The number of likely N-dealkylation sites (N-methyl/N-ethyl adjacent to an activating group) is 1. The van der Waals surface area contributed by atoms with Gasteiger partial charge in [-0.1, -0.05) is 30.3 Å². The molecule has 0 saturated heterocycles. The van der Waals surface area contributed by atoms with Crippen molar-refractivity contribution in [3.8, 4) is 0 Å². The predicted octanol–water partition coefficient (Wildman–Crippen LogP) is 3.10. The standard InChI is InChI=1S/C19H23N3O/c1-16(23)22(14-13-21(2)3)19-11-9-18(10-12-19)20-15-17-7-5-4-6-8-17/h4-12,20H,13-14H2,1-3H3. The number of rotatable bonds is 7. The van der Waals surface area contributed by atoms with E-state index in [-0.39, 0.29) is 5.91 Å². The molecule has 23 heavy (non-hydrogen) atoms. The lowest BCUT2D eigenvalue weighted by atomic mass is 10.2. The van der Waals surface area contributed by atoms with Crippen molar-refractivity contribution in [3.63, 3.8) is 0 Å². The van der Waals surface area contributed by atoms with Crippen LogP contribution >= 0.6 is 0 Å². The Hall–Kier alpha value is -2.33. The summed E-state index contributed by atoms with van der Waals surface area (Å²) >= 11 is 0. The molecule has 0 spiro atoms. The first-order valence-corrected chi connectivity index (χ1v) is 7.66. The summed E-state index contributed by atoms with van der Waals surface area (Å²) in [6.45, 7) is 6.24. The molecule has 2 aromatic carbocycles. The molecular formula is C19H23N3O. The van der Waals surface area contributed by atoms with Gasteiger partial charge in [-0.3, -0.25) is 4.79 Å². The van der Waals surface area contributed by atoms with Crippen molar-refractivity contribution in [2.45, 2.75) is 6.92 Å². The second kappa shape index (κ2) is 8.34. The summed E-state index contributed by atoms with van der Waals surface area (Å²) < 4.78 is 0. The smallest absolute Gasteiger partial charge is 0.223 e. The van der Waals surface area contributed by atoms with Crippen LogP contribution in [0.25, 0.3) is 0 Å². The van der Waals surface area contributed by atoms with Crippen LogP contribution in [0.5, 0.6) is 0 Å². The Labute approximate surface area is 138 Å². The number of carbonyl (C=O) groups excluding carboxylic acids is 1. The molecule has 0 fully saturated rings. The molecule has 1 amide bonds. The van der Waals surface area contributed by atoms with Crippen LogP contribution < -0.4 is 10.2 Å². The highest BCUT2D eigenvalue weighted by Gasteiger charge is 2.11. The van der Waals surface area contributed by atoms with Crippen LogP contribution in [0.1, 0.15) is 12.5 Å². The van der Waals surface area contributed by atoms with Gasteiger partial charge in [0.05, 0.1) is 0 Å². The van der Waals surface area contributed by atoms with Crippen LogP contribution in [-0.4, -0.2) is 38.0 Å². The Kier molecular flexibility index (Phi) is 6.18. The molecule has 2 aromatic rings. The van der Waals surface area contributed by atoms with Crippen LogP contribution in [0.4, 0.5) is 11.4 Å². The molecule has 4 heteroatoms. The Balaban J connectivity index is 1.98. The van der Waals surface area contributed by atoms with Crippen molar-refractivity contribution in [1.82, 2.24) is 4.90 Å². The molecule has 0 aliphatic carbocycles. The van der Waals surface area contributed by atoms with Gasteiger partial charge in [-0.2, -0.15) is 0 Å². The zero-order valence-electron chi connectivity index (χ0n) is 13.9. The first-order valence-electron chi connectivity index (χ1n) is 7.66. The zero-order valence-corrected chi connectivity index (χ0v) is 13.9. The summed E-state index contributed by atoms with van der Waals surface area (Å²) in [6, 6.07) is 17.7. The van der Waals surface area contributed by atoms with Gasteiger partial charge >= 0.3 is 0 Å². The molecule has 0 bridgehead atoms. The Morgan fingerprint density at radius 1 is 1.00 bits per heavy atom. The number of amides is 1. The van der Waals surface area contributed by atoms with Crippen molar-refractivity contribution < 1.29 is 4.79 Å².